The lowest BCUT2D eigenvalue weighted by Crippen LogP contribution is -2.37. The fourth-order valence-electron chi connectivity index (χ4n) is 3.64. The third kappa shape index (κ3) is 3.57. The minimum Gasteiger partial charge on any atom is -0.352 e. The molecule has 0 aliphatic carbocycles. The van der Waals surface area contributed by atoms with E-state index in [0.29, 0.717) is 24.2 Å². The number of hydrogen-bond acceptors (Lipinski definition) is 3. The van der Waals surface area contributed by atoms with E-state index >= 15 is 0 Å². The van der Waals surface area contributed by atoms with Crippen molar-refractivity contribution in [3.63, 3.8) is 0 Å². The molecule has 0 N–H and O–H groups in total. The van der Waals surface area contributed by atoms with Crippen molar-refractivity contribution >= 4 is 5.82 Å². The van der Waals surface area contributed by atoms with Crippen LogP contribution in [0.1, 0.15) is 66.0 Å². The van der Waals surface area contributed by atoms with Crippen molar-refractivity contribution < 1.29 is 0 Å². The molecule has 3 heteroatoms. The molecule has 1 fully saturated rings. The molecule has 0 saturated carbocycles. The second kappa shape index (κ2) is 6.78. The smallest absolute Gasteiger partial charge is 0.128 e. The summed E-state index contributed by atoms with van der Waals surface area (Å²) in [5.41, 5.74) is 1.37. The summed E-state index contributed by atoms with van der Waals surface area (Å²) in [6, 6.07) is 6.60. The minimum absolute atomic E-state index is 0.474. The topological polar surface area (TPSA) is 19.4 Å². The Balaban J connectivity index is 2.18. The molecule has 118 valence electrons. The lowest BCUT2D eigenvalue weighted by Gasteiger charge is -2.32. The highest BCUT2D eigenvalue weighted by Crippen LogP contribution is 2.33. The maximum atomic E-state index is 4.76. The molecule has 21 heavy (non-hydrogen) atoms. The van der Waals surface area contributed by atoms with Crippen LogP contribution < -0.4 is 4.90 Å². The molecular formula is C18H31N3. The zero-order valence-electron chi connectivity index (χ0n) is 14.5. The zero-order valence-corrected chi connectivity index (χ0v) is 14.5. The highest BCUT2D eigenvalue weighted by molar-refractivity contribution is 5.41. The highest BCUT2D eigenvalue weighted by Gasteiger charge is 2.28. The molecular weight excluding hydrogens is 258 g/mol. The standard InChI is InChI=1S/C18H31N3/c1-13(2)20-11-7-8-17(20)16-9-10-18(19-12-16)21(14(3)4)15(5)6/h9-10,12-15,17H,7-8,11H2,1-6H3/t17-/m1/s1. The Morgan fingerprint density at radius 2 is 1.76 bits per heavy atom. The van der Waals surface area contributed by atoms with E-state index in [2.05, 4.69) is 69.7 Å². The van der Waals surface area contributed by atoms with Crippen LogP contribution in [0.2, 0.25) is 0 Å². The predicted octanol–water partition coefficient (Wildman–Crippen LogP) is 4.25. The fraction of sp³-hybridized carbons (Fsp3) is 0.722. The van der Waals surface area contributed by atoms with Crippen LogP contribution >= 0.6 is 0 Å². The SMILES string of the molecule is CC(C)N(c1ccc([C@H]2CCCN2C(C)C)cn1)C(C)C. The lowest BCUT2D eigenvalue weighted by atomic mass is 10.1. The molecule has 0 aromatic carbocycles. The summed E-state index contributed by atoms with van der Waals surface area (Å²) >= 11 is 0. The summed E-state index contributed by atoms with van der Waals surface area (Å²) in [5.74, 6) is 1.10. The van der Waals surface area contributed by atoms with Crippen LogP contribution in [0.25, 0.3) is 0 Å². The van der Waals surface area contributed by atoms with Gasteiger partial charge in [0.1, 0.15) is 5.82 Å². The average molecular weight is 289 g/mol. The lowest BCUT2D eigenvalue weighted by molar-refractivity contribution is 0.205. The normalized spacial score (nSPS) is 20.0. The molecule has 0 amide bonds. The molecule has 1 aliphatic rings. The van der Waals surface area contributed by atoms with Gasteiger partial charge in [-0.15, -0.1) is 0 Å². The molecule has 0 unspecified atom stereocenters. The van der Waals surface area contributed by atoms with Crippen LogP contribution in [-0.2, 0) is 0 Å². The van der Waals surface area contributed by atoms with Gasteiger partial charge in [0.2, 0.25) is 0 Å². The van der Waals surface area contributed by atoms with E-state index in [1.165, 1.54) is 24.9 Å². The van der Waals surface area contributed by atoms with Crippen molar-refractivity contribution in [1.82, 2.24) is 9.88 Å². The second-order valence-electron chi connectivity index (χ2n) is 7.03. The van der Waals surface area contributed by atoms with Gasteiger partial charge in [-0.1, -0.05) is 6.07 Å². The molecule has 3 nitrogen and oxygen atoms in total. The van der Waals surface area contributed by atoms with E-state index in [1.54, 1.807) is 0 Å². The van der Waals surface area contributed by atoms with E-state index in [1.807, 2.05) is 0 Å². The maximum Gasteiger partial charge on any atom is 0.128 e. The number of likely N-dealkylation sites (tertiary alicyclic amines) is 1. The number of nitrogens with zero attached hydrogens (tertiary/aromatic N) is 3. The second-order valence-corrected chi connectivity index (χ2v) is 7.03. The van der Waals surface area contributed by atoms with Crippen molar-refractivity contribution in [1.29, 1.82) is 0 Å². The third-order valence-electron chi connectivity index (χ3n) is 4.49. The minimum atomic E-state index is 0.474. The molecule has 0 spiro atoms. The first-order chi connectivity index (χ1) is 9.91. The summed E-state index contributed by atoms with van der Waals surface area (Å²) in [6.07, 6.45) is 4.66. The summed E-state index contributed by atoms with van der Waals surface area (Å²) < 4.78 is 0. The largest absolute Gasteiger partial charge is 0.352 e. The van der Waals surface area contributed by atoms with Gasteiger partial charge in [0.15, 0.2) is 0 Å². The Bertz CT molecular complexity index is 428. The Hall–Kier alpha value is -1.09. The first kappa shape index (κ1) is 16.3. The van der Waals surface area contributed by atoms with E-state index in [0.717, 1.165) is 5.82 Å². The molecule has 1 aromatic heterocycles. The van der Waals surface area contributed by atoms with Gasteiger partial charge >= 0.3 is 0 Å². The molecule has 1 atom stereocenters. The Morgan fingerprint density at radius 3 is 2.24 bits per heavy atom. The van der Waals surface area contributed by atoms with Crippen LogP contribution in [0.3, 0.4) is 0 Å². The first-order valence-corrected chi connectivity index (χ1v) is 8.41. The molecule has 1 aliphatic heterocycles. The van der Waals surface area contributed by atoms with Gasteiger partial charge in [-0.25, -0.2) is 4.98 Å². The van der Waals surface area contributed by atoms with E-state index in [9.17, 15) is 0 Å². The van der Waals surface area contributed by atoms with E-state index in [-0.39, 0.29) is 0 Å². The maximum absolute atomic E-state index is 4.76. The fourth-order valence-corrected chi connectivity index (χ4v) is 3.64. The van der Waals surface area contributed by atoms with E-state index < -0.39 is 0 Å². The molecule has 0 bridgehead atoms. The third-order valence-corrected chi connectivity index (χ3v) is 4.49. The quantitative estimate of drug-likeness (QED) is 0.808. The molecule has 2 rings (SSSR count). The van der Waals surface area contributed by atoms with Crippen molar-refractivity contribution in [2.75, 3.05) is 11.4 Å². The zero-order chi connectivity index (χ0) is 15.6. The summed E-state index contributed by atoms with van der Waals surface area (Å²) in [5, 5.41) is 0. The van der Waals surface area contributed by atoms with Gasteiger partial charge in [0.05, 0.1) is 0 Å². The number of anilines is 1. The van der Waals surface area contributed by atoms with Crippen molar-refractivity contribution in [2.24, 2.45) is 0 Å². The van der Waals surface area contributed by atoms with Gasteiger partial charge in [-0.3, -0.25) is 4.90 Å². The number of hydrogen-bond donors (Lipinski definition) is 0. The van der Waals surface area contributed by atoms with Crippen LogP contribution in [-0.4, -0.2) is 34.6 Å². The van der Waals surface area contributed by atoms with Gasteiger partial charge in [0, 0.05) is 30.4 Å². The average Bonchev–Trinajstić information content (AvgIpc) is 2.88. The summed E-state index contributed by atoms with van der Waals surface area (Å²) in [6.45, 7) is 14.7. The highest BCUT2D eigenvalue weighted by atomic mass is 15.2. The van der Waals surface area contributed by atoms with Gasteiger partial charge in [0.25, 0.3) is 0 Å². The Labute approximate surface area is 130 Å². The molecule has 0 radical (unpaired) electrons. The number of aromatic nitrogens is 1. The van der Waals surface area contributed by atoms with Gasteiger partial charge in [-0.2, -0.15) is 0 Å². The molecule has 2 heterocycles. The van der Waals surface area contributed by atoms with Crippen molar-refractivity contribution in [2.45, 2.75) is 78.6 Å². The first-order valence-electron chi connectivity index (χ1n) is 8.41. The van der Waals surface area contributed by atoms with Crippen molar-refractivity contribution in [3.05, 3.63) is 23.9 Å². The van der Waals surface area contributed by atoms with Gasteiger partial charge < -0.3 is 4.90 Å². The monoisotopic (exact) mass is 289 g/mol. The van der Waals surface area contributed by atoms with Gasteiger partial charge in [-0.05, 0) is 72.6 Å². The number of pyridine rings is 1. The van der Waals surface area contributed by atoms with Crippen LogP contribution in [0.5, 0.6) is 0 Å². The summed E-state index contributed by atoms with van der Waals surface area (Å²) in [4.78, 5) is 9.73. The van der Waals surface area contributed by atoms with E-state index in [4.69, 9.17) is 4.98 Å². The molecule has 1 saturated heterocycles. The Kier molecular flexibility index (Phi) is 5.26. The van der Waals surface area contributed by atoms with Crippen LogP contribution in [0.15, 0.2) is 18.3 Å². The predicted molar refractivity (Wildman–Crippen MR) is 90.8 cm³/mol. The van der Waals surface area contributed by atoms with Crippen LogP contribution in [0, 0.1) is 0 Å². The number of rotatable bonds is 5. The Morgan fingerprint density at radius 1 is 1.10 bits per heavy atom. The summed E-state index contributed by atoms with van der Waals surface area (Å²) in [7, 11) is 0. The van der Waals surface area contributed by atoms with Crippen LogP contribution in [0.4, 0.5) is 5.82 Å². The molecule has 1 aromatic rings. The van der Waals surface area contributed by atoms with Crippen molar-refractivity contribution in [3.8, 4) is 0 Å².